The molecule has 1 amide bonds. The van der Waals surface area contributed by atoms with E-state index in [1.807, 2.05) is 24.3 Å². The van der Waals surface area contributed by atoms with Crippen LogP contribution in [0.4, 0.5) is 5.69 Å². The summed E-state index contributed by atoms with van der Waals surface area (Å²) in [5.74, 6) is 0.303. The Morgan fingerprint density at radius 3 is 2.90 bits per heavy atom. The van der Waals surface area contributed by atoms with E-state index in [-0.39, 0.29) is 5.91 Å². The molecule has 1 aromatic heterocycles. The zero-order chi connectivity index (χ0) is 14.5. The molecular weight excluding hydrogens is 254 g/mol. The molecule has 0 saturated heterocycles. The van der Waals surface area contributed by atoms with E-state index in [4.69, 9.17) is 10.5 Å². The van der Waals surface area contributed by atoms with Crippen molar-refractivity contribution in [1.29, 1.82) is 0 Å². The van der Waals surface area contributed by atoms with E-state index in [0.29, 0.717) is 17.9 Å². The van der Waals surface area contributed by atoms with E-state index in [9.17, 15) is 4.79 Å². The molecule has 0 aliphatic carbocycles. The number of pyridine rings is 1. The molecule has 5 heteroatoms. The highest BCUT2D eigenvalue weighted by Crippen LogP contribution is 2.22. The van der Waals surface area contributed by atoms with Crippen LogP contribution in [0.1, 0.15) is 15.9 Å². The number of nitrogens with two attached hydrogens (primary N) is 1. The smallest absolute Gasteiger partial charge is 0.261 e. The van der Waals surface area contributed by atoms with Gasteiger partial charge in [-0.3, -0.25) is 9.78 Å². The zero-order valence-electron chi connectivity index (χ0n) is 11.5. The summed E-state index contributed by atoms with van der Waals surface area (Å²) in [6.07, 6.45) is 3.09. The van der Waals surface area contributed by atoms with Crippen molar-refractivity contribution in [2.24, 2.45) is 5.73 Å². The molecule has 2 aromatic rings. The Balaban J connectivity index is 2.32. The van der Waals surface area contributed by atoms with Crippen LogP contribution >= 0.6 is 0 Å². The van der Waals surface area contributed by atoms with Gasteiger partial charge in [-0.2, -0.15) is 0 Å². The quantitative estimate of drug-likeness (QED) is 0.921. The minimum Gasteiger partial charge on any atom is -0.494 e. The van der Waals surface area contributed by atoms with Crippen LogP contribution in [0.25, 0.3) is 0 Å². The van der Waals surface area contributed by atoms with Gasteiger partial charge < -0.3 is 15.4 Å². The number of rotatable bonds is 4. The fraction of sp³-hybridized carbons (Fsp3) is 0.200. The van der Waals surface area contributed by atoms with Crippen molar-refractivity contribution >= 4 is 11.6 Å². The lowest BCUT2D eigenvalue weighted by atomic mass is 10.1. The number of hydrogen-bond donors (Lipinski definition) is 1. The topological polar surface area (TPSA) is 68.5 Å². The van der Waals surface area contributed by atoms with Gasteiger partial charge in [-0.1, -0.05) is 12.1 Å². The van der Waals surface area contributed by atoms with Crippen molar-refractivity contribution in [2.75, 3.05) is 19.1 Å². The molecule has 0 bridgehead atoms. The average molecular weight is 271 g/mol. The van der Waals surface area contributed by atoms with Gasteiger partial charge in [-0.15, -0.1) is 0 Å². The van der Waals surface area contributed by atoms with Crippen molar-refractivity contribution in [3.05, 3.63) is 53.9 Å². The summed E-state index contributed by atoms with van der Waals surface area (Å²) in [6, 6.07) is 9.21. The van der Waals surface area contributed by atoms with E-state index < -0.39 is 0 Å². The summed E-state index contributed by atoms with van der Waals surface area (Å²) in [7, 11) is 3.24. The highest BCUT2D eigenvalue weighted by atomic mass is 16.5. The van der Waals surface area contributed by atoms with Crippen LogP contribution in [-0.2, 0) is 6.54 Å². The molecule has 0 saturated carbocycles. The Kier molecular flexibility index (Phi) is 4.32. The monoisotopic (exact) mass is 271 g/mol. The van der Waals surface area contributed by atoms with Gasteiger partial charge in [-0.25, -0.2) is 0 Å². The van der Waals surface area contributed by atoms with E-state index in [1.54, 1.807) is 24.2 Å². The third-order valence-electron chi connectivity index (χ3n) is 3.07. The largest absolute Gasteiger partial charge is 0.494 e. The summed E-state index contributed by atoms with van der Waals surface area (Å²) in [6.45, 7) is 0.439. The van der Waals surface area contributed by atoms with E-state index in [2.05, 4.69) is 4.98 Å². The summed E-state index contributed by atoms with van der Waals surface area (Å²) >= 11 is 0. The summed E-state index contributed by atoms with van der Waals surface area (Å²) < 4.78 is 5.17. The Hall–Kier alpha value is -2.40. The summed E-state index contributed by atoms with van der Waals surface area (Å²) in [5, 5.41) is 0. The normalized spacial score (nSPS) is 10.2. The number of anilines is 1. The van der Waals surface area contributed by atoms with Gasteiger partial charge in [0, 0.05) is 25.5 Å². The average Bonchev–Trinajstić information content (AvgIpc) is 2.53. The Labute approximate surface area is 118 Å². The number of amides is 1. The number of methoxy groups -OCH3 is 1. The Bertz CT molecular complexity index is 614. The van der Waals surface area contributed by atoms with Crippen LogP contribution in [0.2, 0.25) is 0 Å². The van der Waals surface area contributed by atoms with E-state index in [0.717, 1.165) is 11.3 Å². The van der Waals surface area contributed by atoms with E-state index >= 15 is 0 Å². The van der Waals surface area contributed by atoms with Crippen LogP contribution in [0.15, 0.2) is 42.7 Å². The maximum atomic E-state index is 12.5. The number of aromatic nitrogens is 1. The lowest BCUT2D eigenvalue weighted by Gasteiger charge is -2.19. The molecule has 1 aromatic carbocycles. The molecule has 0 spiro atoms. The van der Waals surface area contributed by atoms with Gasteiger partial charge >= 0.3 is 0 Å². The first-order valence-corrected chi connectivity index (χ1v) is 6.22. The standard InChI is InChI=1S/C15H17N3O2/c1-18(12-5-3-4-11(8-12)9-16)15(19)13-6-7-17-10-14(13)20-2/h3-8,10H,9,16H2,1-2H3. The Morgan fingerprint density at radius 1 is 1.40 bits per heavy atom. The maximum absolute atomic E-state index is 12.5. The minimum absolute atomic E-state index is 0.154. The molecule has 20 heavy (non-hydrogen) atoms. The lowest BCUT2D eigenvalue weighted by molar-refractivity contribution is 0.0990. The third kappa shape index (κ3) is 2.78. The second-order valence-corrected chi connectivity index (χ2v) is 4.31. The highest BCUT2D eigenvalue weighted by Gasteiger charge is 2.17. The molecule has 0 fully saturated rings. The zero-order valence-corrected chi connectivity index (χ0v) is 11.5. The number of benzene rings is 1. The predicted octanol–water partition coefficient (Wildman–Crippen LogP) is 1.83. The predicted molar refractivity (Wildman–Crippen MR) is 77.9 cm³/mol. The molecule has 5 nitrogen and oxygen atoms in total. The lowest BCUT2D eigenvalue weighted by Crippen LogP contribution is -2.26. The van der Waals surface area contributed by atoms with Crippen LogP contribution in [0.5, 0.6) is 5.75 Å². The van der Waals surface area contributed by atoms with Crippen molar-refractivity contribution in [3.8, 4) is 5.75 Å². The molecule has 0 aliphatic heterocycles. The Morgan fingerprint density at radius 2 is 2.20 bits per heavy atom. The fourth-order valence-corrected chi connectivity index (χ4v) is 1.91. The second kappa shape index (κ2) is 6.16. The van der Waals surface area contributed by atoms with Gasteiger partial charge in [0.1, 0.15) is 5.75 Å². The SMILES string of the molecule is COc1cnccc1C(=O)N(C)c1cccc(CN)c1. The van der Waals surface area contributed by atoms with Crippen LogP contribution in [-0.4, -0.2) is 25.0 Å². The maximum Gasteiger partial charge on any atom is 0.261 e. The van der Waals surface area contributed by atoms with Crippen molar-refractivity contribution in [1.82, 2.24) is 4.98 Å². The molecule has 0 radical (unpaired) electrons. The first-order chi connectivity index (χ1) is 9.67. The molecular formula is C15H17N3O2. The number of ether oxygens (including phenoxy) is 1. The van der Waals surface area contributed by atoms with Gasteiger partial charge in [0.05, 0.1) is 18.9 Å². The van der Waals surface area contributed by atoms with Crippen molar-refractivity contribution in [2.45, 2.75) is 6.54 Å². The van der Waals surface area contributed by atoms with Gasteiger partial charge in [0.25, 0.3) is 5.91 Å². The molecule has 0 atom stereocenters. The van der Waals surface area contributed by atoms with Crippen molar-refractivity contribution in [3.63, 3.8) is 0 Å². The molecule has 0 unspecified atom stereocenters. The third-order valence-corrected chi connectivity index (χ3v) is 3.07. The minimum atomic E-state index is -0.154. The molecule has 1 heterocycles. The summed E-state index contributed by atoms with van der Waals surface area (Å²) in [5.41, 5.74) is 7.86. The highest BCUT2D eigenvalue weighted by molar-refractivity contribution is 6.07. The van der Waals surface area contributed by atoms with Gasteiger partial charge in [0.2, 0.25) is 0 Å². The number of hydrogen-bond acceptors (Lipinski definition) is 4. The van der Waals surface area contributed by atoms with Gasteiger partial charge in [-0.05, 0) is 23.8 Å². The van der Waals surface area contributed by atoms with Crippen LogP contribution in [0, 0.1) is 0 Å². The van der Waals surface area contributed by atoms with Crippen molar-refractivity contribution < 1.29 is 9.53 Å². The van der Waals surface area contributed by atoms with Crippen LogP contribution in [0.3, 0.4) is 0 Å². The number of carbonyl (C=O) groups excluding carboxylic acids is 1. The first-order valence-electron chi connectivity index (χ1n) is 6.22. The van der Waals surface area contributed by atoms with E-state index in [1.165, 1.54) is 13.3 Å². The second-order valence-electron chi connectivity index (χ2n) is 4.31. The van der Waals surface area contributed by atoms with Crippen LogP contribution < -0.4 is 15.4 Å². The fourth-order valence-electron chi connectivity index (χ4n) is 1.91. The van der Waals surface area contributed by atoms with Gasteiger partial charge in [0.15, 0.2) is 0 Å². The molecule has 104 valence electrons. The molecule has 0 aliphatic rings. The number of carbonyl (C=O) groups is 1. The summed E-state index contributed by atoms with van der Waals surface area (Å²) in [4.78, 5) is 18.0. The first kappa shape index (κ1) is 14.0. The number of nitrogens with zero attached hydrogens (tertiary/aromatic N) is 2. The molecule has 2 N–H and O–H groups in total. The molecule has 2 rings (SSSR count).